The average Bonchev–Trinajstić information content (AvgIpc) is 2.70. The number of nitrogens with one attached hydrogen (secondary N) is 1. The summed E-state index contributed by atoms with van der Waals surface area (Å²) in [6.45, 7) is 6.59. The minimum absolute atomic E-state index is 0.0131. The van der Waals surface area contributed by atoms with Crippen molar-refractivity contribution in [1.29, 1.82) is 0 Å². The summed E-state index contributed by atoms with van der Waals surface area (Å²) in [7, 11) is 2.08. The fourth-order valence-corrected chi connectivity index (χ4v) is 3.57. The third-order valence-electron chi connectivity index (χ3n) is 5.38. The average molecular weight is 425 g/mol. The molecule has 164 valence electrons. The standard InChI is InChI=1S/C20H26F3N5O2/c1-14(18(29)24-8-5-9-27-12-10-26(2)11-13-27)28-16-7-4-3-6-15(16)25-17(19(28)30)20(21,22)23/h3-4,6-7,14H,5,8-13H2,1-2H3,(H,24,29)/t14-/m0/s1. The Morgan fingerprint density at radius 3 is 2.53 bits per heavy atom. The Kier molecular flexibility index (Phi) is 6.77. The van der Waals surface area contributed by atoms with Crippen molar-refractivity contribution in [3.63, 3.8) is 0 Å². The molecule has 2 heterocycles. The normalized spacial score (nSPS) is 17.2. The van der Waals surface area contributed by atoms with E-state index in [2.05, 4.69) is 27.1 Å². The molecular formula is C20H26F3N5O2. The predicted molar refractivity (Wildman–Crippen MR) is 107 cm³/mol. The van der Waals surface area contributed by atoms with Gasteiger partial charge in [-0.3, -0.25) is 14.2 Å². The van der Waals surface area contributed by atoms with E-state index in [0.29, 0.717) is 6.54 Å². The summed E-state index contributed by atoms with van der Waals surface area (Å²) in [6, 6.07) is 4.90. The van der Waals surface area contributed by atoms with Crippen LogP contribution >= 0.6 is 0 Å². The first-order valence-corrected chi connectivity index (χ1v) is 9.95. The van der Waals surface area contributed by atoms with Crippen LogP contribution in [0.4, 0.5) is 13.2 Å². The fraction of sp³-hybridized carbons (Fsp3) is 0.550. The maximum absolute atomic E-state index is 13.3. The van der Waals surface area contributed by atoms with E-state index in [1.807, 2.05) is 0 Å². The zero-order chi connectivity index (χ0) is 21.9. The second-order valence-electron chi connectivity index (χ2n) is 7.59. The summed E-state index contributed by atoms with van der Waals surface area (Å²) in [4.78, 5) is 33.2. The van der Waals surface area contributed by atoms with Gasteiger partial charge in [-0.25, -0.2) is 4.98 Å². The Balaban J connectivity index is 1.71. The molecule has 1 aliphatic rings. The molecule has 1 aliphatic heterocycles. The van der Waals surface area contributed by atoms with Gasteiger partial charge in [-0.1, -0.05) is 12.1 Å². The summed E-state index contributed by atoms with van der Waals surface area (Å²) in [5.41, 5.74) is -2.63. The summed E-state index contributed by atoms with van der Waals surface area (Å²) < 4.78 is 40.7. The van der Waals surface area contributed by atoms with Crippen LogP contribution < -0.4 is 10.9 Å². The molecule has 0 spiro atoms. The first-order chi connectivity index (χ1) is 14.2. The lowest BCUT2D eigenvalue weighted by Crippen LogP contribution is -2.45. The van der Waals surface area contributed by atoms with Crippen molar-refractivity contribution in [3.8, 4) is 0 Å². The van der Waals surface area contributed by atoms with Gasteiger partial charge in [0.15, 0.2) is 0 Å². The number of para-hydroxylation sites is 2. The van der Waals surface area contributed by atoms with E-state index in [1.165, 1.54) is 25.1 Å². The van der Waals surface area contributed by atoms with Gasteiger partial charge in [0, 0.05) is 32.7 Å². The number of likely N-dealkylation sites (N-methyl/N-ethyl adjacent to an activating group) is 1. The first-order valence-electron chi connectivity index (χ1n) is 9.95. The number of carbonyl (C=O) groups is 1. The van der Waals surface area contributed by atoms with Crippen LogP contribution in [-0.2, 0) is 11.0 Å². The molecule has 0 saturated carbocycles. The van der Waals surface area contributed by atoms with Gasteiger partial charge in [0.25, 0.3) is 5.56 Å². The molecule has 1 aromatic heterocycles. The smallest absolute Gasteiger partial charge is 0.354 e. The molecule has 1 N–H and O–H groups in total. The van der Waals surface area contributed by atoms with E-state index < -0.39 is 29.4 Å². The number of alkyl halides is 3. The first kappa shape index (κ1) is 22.2. The minimum Gasteiger partial charge on any atom is -0.354 e. The molecule has 3 rings (SSSR count). The Hall–Kier alpha value is -2.46. The van der Waals surface area contributed by atoms with E-state index in [1.54, 1.807) is 6.07 Å². The van der Waals surface area contributed by atoms with Crippen molar-refractivity contribution >= 4 is 16.9 Å². The monoisotopic (exact) mass is 425 g/mol. The molecule has 0 radical (unpaired) electrons. The molecule has 0 bridgehead atoms. The lowest BCUT2D eigenvalue weighted by atomic mass is 10.2. The molecule has 1 aromatic carbocycles. The minimum atomic E-state index is -4.90. The van der Waals surface area contributed by atoms with E-state index in [0.717, 1.165) is 43.7 Å². The molecule has 10 heteroatoms. The summed E-state index contributed by atoms with van der Waals surface area (Å²) in [6.07, 6.45) is -4.18. The van der Waals surface area contributed by atoms with Crippen molar-refractivity contribution in [1.82, 2.24) is 24.7 Å². The highest BCUT2D eigenvalue weighted by atomic mass is 19.4. The second-order valence-corrected chi connectivity index (χ2v) is 7.59. The molecular weight excluding hydrogens is 399 g/mol. The number of nitrogens with zero attached hydrogens (tertiary/aromatic N) is 4. The Labute approximate surface area is 172 Å². The number of amides is 1. The van der Waals surface area contributed by atoms with Crippen LogP contribution in [0.2, 0.25) is 0 Å². The Morgan fingerprint density at radius 1 is 1.20 bits per heavy atom. The third-order valence-corrected chi connectivity index (χ3v) is 5.38. The molecule has 1 amide bonds. The lowest BCUT2D eigenvalue weighted by Gasteiger charge is -2.32. The third kappa shape index (κ3) is 4.99. The van der Waals surface area contributed by atoms with E-state index in [-0.39, 0.29) is 11.0 Å². The van der Waals surface area contributed by atoms with Crippen LogP contribution in [0.1, 0.15) is 25.1 Å². The van der Waals surface area contributed by atoms with Gasteiger partial charge in [-0.2, -0.15) is 13.2 Å². The van der Waals surface area contributed by atoms with Crippen molar-refractivity contribution in [2.24, 2.45) is 0 Å². The maximum atomic E-state index is 13.3. The quantitative estimate of drug-likeness (QED) is 0.714. The SMILES string of the molecule is C[C@@H](C(=O)NCCCN1CCN(C)CC1)n1c(=O)c(C(F)(F)F)nc2ccccc21. The fourth-order valence-electron chi connectivity index (χ4n) is 3.57. The number of benzene rings is 1. The van der Waals surface area contributed by atoms with Gasteiger partial charge in [0.05, 0.1) is 11.0 Å². The van der Waals surface area contributed by atoms with E-state index >= 15 is 0 Å². The highest BCUT2D eigenvalue weighted by Crippen LogP contribution is 2.27. The number of piperazine rings is 1. The van der Waals surface area contributed by atoms with Crippen molar-refractivity contribution in [3.05, 3.63) is 40.3 Å². The summed E-state index contributed by atoms with van der Waals surface area (Å²) in [5, 5.41) is 2.74. The molecule has 1 fully saturated rings. The predicted octanol–water partition coefficient (Wildman–Crippen LogP) is 1.73. The zero-order valence-corrected chi connectivity index (χ0v) is 17.1. The van der Waals surface area contributed by atoms with Gasteiger partial charge in [-0.05, 0) is 39.1 Å². The number of rotatable bonds is 6. The summed E-state index contributed by atoms with van der Waals surface area (Å²) >= 11 is 0. The number of hydrogen-bond acceptors (Lipinski definition) is 5. The topological polar surface area (TPSA) is 70.5 Å². The lowest BCUT2D eigenvalue weighted by molar-refractivity contribution is -0.142. The van der Waals surface area contributed by atoms with E-state index in [4.69, 9.17) is 0 Å². The van der Waals surface area contributed by atoms with Crippen molar-refractivity contribution < 1.29 is 18.0 Å². The van der Waals surface area contributed by atoms with Crippen molar-refractivity contribution in [2.45, 2.75) is 25.6 Å². The molecule has 30 heavy (non-hydrogen) atoms. The van der Waals surface area contributed by atoms with Crippen molar-refractivity contribution in [2.75, 3.05) is 46.3 Å². The molecule has 0 aliphatic carbocycles. The Morgan fingerprint density at radius 2 is 1.87 bits per heavy atom. The zero-order valence-electron chi connectivity index (χ0n) is 17.1. The van der Waals surface area contributed by atoms with Gasteiger partial charge >= 0.3 is 6.18 Å². The molecule has 7 nitrogen and oxygen atoms in total. The van der Waals surface area contributed by atoms with Crippen LogP contribution in [0.3, 0.4) is 0 Å². The van der Waals surface area contributed by atoms with Gasteiger partial charge in [0.1, 0.15) is 6.04 Å². The number of carbonyl (C=O) groups excluding carboxylic acids is 1. The maximum Gasteiger partial charge on any atom is 0.438 e. The molecule has 2 aromatic rings. The number of halogens is 3. The Bertz CT molecular complexity index is 952. The number of aromatic nitrogens is 2. The van der Waals surface area contributed by atoms with Crippen LogP contribution in [0.15, 0.2) is 29.1 Å². The molecule has 1 saturated heterocycles. The van der Waals surface area contributed by atoms with Crippen LogP contribution in [0.25, 0.3) is 11.0 Å². The van der Waals surface area contributed by atoms with Gasteiger partial charge in [-0.15, -0.1) is 0 Å². The van der Waals surface area contributed by atoms with Crippen LogP contribution in [-0.4, -0.2) is 71.6 Å². The van der Waals surface area contributed by atoms with Crippen LogP contribution in [0, 0.1) is 0 Å². The van der Waals surface area contributed by atoms with Gasteiger partial charge in [0.2, 0.25) is 11.6 Å². The van der Waals surface area contributed by atoms with Crippen LogP contribution in [0.5, 0.6) is 0 Å². The largest absolute Gasteiger partial charge is 0.438 e. The molecule has 1 atom stereocenters. The van der Waals surface area contributed by atoms with E-state index in [9.17, 15) is 22.8 Å². The summed E-state index contributed by atoms with van der Waals surface area (Å²) in [5.74, 6) is -0.500. The molecule has 0 unspecified atom stereocenters. The highest BCUT2D eigenvalue weighted by molar-refractivity contribution is 5.83. The second kappa shape index (κ2) is 9.13. The van der Waals surface area contributed by atoms with Gasteiger partial charge < -0.3 is 15.1 Å². The number of hydrogen-bond donors (Lipinski definition) is 1. The highest BCUT2D eigenvalue weighted by Gasteiger charge is 2.38. The number of fused-ring (bicyclic) bond motifs is 1.